The Hall–Kier alpha value is -3.83. The van der Waals surface area contributed by atoms with Gasteiger partial charge < -0.3 is 9.47 Å². The van der Waals surface area contributed by atoms with Crippen LogP contribution in [-0.2, 0) is 0 Å². The maximum atomic E-state index is 8.92. The first-order valence-corrected chi connectivity index (χ1v) is 7.10. The molecule has 0 saturated heterocycles. The van der Waals surface area contributed by atoms with Gasteiger partial charge in [-0.05, 0) is 36.4 Å². The highest BCUT2D eigenvalue weighted by atomic mass is 16.5. The van der Waals surface area contributed by atoms with Crippen LogP contribution in [0.15, 0.2) is 66.7 Å². The molecular weight excluding hydrogens is 302 g/mol. The van der Waals surface area contributed by atoms with E-state index >= 15 is 0 Å². The highest BCUT2D eigenvalue weighted by Gasteiger charge is 2.04. The minimum Gasteiger partial charge on any atom is -0.439 e. The maximum absolute atomic E-state index is 8.92. The number of hydrogen-bond acceptors (Lipinski definition) is 5. The molecule has 0 unspecified atom stereocenters. The molecule has 0 aliphatic rings. The summed E-state index contributed by atoms with van der Waals surface area (Å²) in [5.74, 6) is 1.73. The maximum Gasteiger partial charge on any atom is 0.222 e. The van der Waals surface area contributed by atoms with Crippen molar-refractivity contribution in [3.63, 3.8) is 0 Å². The van der Waals surface area contributed by atoms with Gasteiger partial charge in [0.1, 0.15) is 11.5 Å². The summed E-state index contributed by atoms with van der Waals surface area (Å²) in [7, 11) is 0. The molecule has 0 spiro atoms. The number of aromatic nitrogens is 1. The van der Waals surface area contributed by atoms with Crippen molar-refractivity contribution in [2.24, 2.45) is 0 Å². The molecule has 5 heteroatoms. The average Bonchev–Trinajstić information content (AvgIpc) is 2.62. The second kappa shape index (κ2) is 6.95. The number of rotatable bonds is 4. The van der Waals surface area contributed by atoms with Crippen LogP contribution in [0.2, 0.25) is 0 Å². The van der Waals surface area contributed by atoms with Crippen molar-refractivity contribution in [1.29, 1.82) is 10.5 Å². The van der Waals surface area contributed by atoms with Crippen molar-refractivity contribution in [3.8, 4) is 35.4 Å². The van der Waals surface area contributed by atoms with E-state index < -0.39 is 0 Å². The summed E-state index contributed by atoms with van der Waals surface area (Å²) in [6, 6.07) is 22.9. The SMILES string of the molecule is N#Cc1cccc(Oc2cccc(Oc3cccc(C#N)c3)n2)c1. The van der Waals surface area contributed by atoms with Crippen molar-refractivity contribution in [3.05, 3.63) is 77.9 Å². The fourth-order valence-electron chi connectivity index (χ4n) is 2.01. The minimum atomic E-state index is 0.346. The predicted octanol–water partition coefficient (Wildman–Crippen LogP) is 4.41. The van der Waals surface area contributed by atoms with Crippen molar-refractivity contribution in [2.75, 3.05) is 0 Å². The zero-order valence-corrected chi connectivity index (χ0v) is 12.5. The summed E-state index contributed by atoms with van der Waals surface area (Å²) >= 11 is 0. The van der Waals surface area contributed by atoms with Gasteiger partial charge in [0, 0.05) is 12.1 Å². The van der Waals surface area contributed by atoms with Gasteiger partial charge in [0.2, 0.25) is 11.8 Å². The quantitative estimate of drug-likeness (QED) is 0.712. The molecule has 0 amide bonds. The standard InChI is InChI=1S/C19H11N3O2/c20-12-14-4-1-6-16(10-14)23-18-8-3-9-19(22-18)24-17-7-2-5-15(11-17)13-21/h1-11H. The molecule has 1 heterocycles. The van der Waals surface area contributed by atoms with Crippen LogP contribution in [0.5, 0.6) is 23.3 Å². The molecule has 2 aromatic carbocycles. The first kappa shape index (κ1) is 15.1. The fourth-order valence-corrected chi connectivity index (χ4v) is 2.01. The Labute approximate surface area is 139 Å². The molecule has 3 rings (SSSR count). The Kier molecular flexibility index (Phi) is 4.37. The van der Waals surface area contributed by atoms with E-state index in [4.69, 9.17) is 20.0 Å². The van der Waals surface area contributed by atoms with Crippen LogP contribution in [0.3, 0.4) is 0 Å². The lowest BCUT2D eigenvalue weighted by atomic mass is 10.2. The Morgan fingerprint density at radius 3 is 1.58 bits per heavy atom. The van der Waals surface area contributed by atoms with Gasteiger partial charge in [-0.1, -0.05) is 18.2 Å². The van der Waals surface area contributed by atoms with Crippen LogP contribution in [-0.4, -0.2) is 4.98 Å². The molecule has 0 fully saturated rings. The second-order valence-corrected chi connectivity index (χ2v) is 4.80. The third kappa shape index (κ3) is 3.68. The number of hydrogen-bond donors (Lipinski definition) is 0. The van der Waals surface area contributed by atoms with E-state index in [9.17, 15) is 0 Å². The highest BCUT2D eigenvalue weighted by Crippen LogP contribution is 2.25. The zero-order chi connectivity index (χ0) is 16.8. The van der Waals surface area contributed by atoms with Gasteiger partial charge in [0.05, 0.1) is 23.3 Å². The summed E-state index contributed by atoms with van der Waals surface area (Å²) in [6.07, 6.45) is 0. The van der Waals surface area contributed by atoms with E-state index in [0.717, 1.165) is 0 Å². The van der Waals surface area contributed by atoms with Crippen LogP contribution >= 0.6 is 0 Å². The van der Waals surface area contributed by atoms with Gasteiger partial charge in [0.25, 0.3) is 0 Å². The summed E-state index contributed by atoms with van der Waals surface area (Å²) in [4.78, 5) is 4.26. The Morgan fingerprint density at radius 1 is 0.667 bits per heavy atom. The van der Waals surface area contributed by atoms with Gasteiger partial charge in [0.15, 0.2) is 0 Å². The smallest absolute Gasteiger partial charge is 0.222 e. The zero-order valence-electron chi connectivity index (χ0n) is 12.5. The lowest BCUT2D eigenvalue weighted by Gasteiger charge is -2.08. The summed E-state index contributed by atoms with van der Waals surface area (Å²) < 4.78 is 11.3. The Balaban J connectivity index is 1.79. The minimum absolute atomic E-state index is 0.346. The molecule has 24 heavy (non-hydrogen) atoms. The number of pyridine rings is 1. The molecule has 3 aromatic rings. The fraction of sp³-hybridized carbons (Fsp3) is 0. The van der Waals surface area contributed by atoms with Crippen LogP contribution in [0, 0.1) is 22.7 Å². The van der Waals surface area contributed by atoms with Crippen molar-refractivity contribution < 1.29 is 9.47 Å². The molecule has 5 nitrogen and oxygen atoms in total. The van der Waals surface area contributed by atoms with Crippen molar-refractivity contribution in [1.82, 2.24) is 4.98 Å². The molecule has 0 N–H and O–H groups in total. The monoisotopic (exact) mass is 313 g/mol. The summed E-state index contributed by atoms with van der Waals surface area (Å²) in [5.41, 5.74) is 1.02. The molecule has 0 aliphatic carbocycles. The van der Waals surface area contributed by atoms with Gasteiger partial charge in [-0.25, -0.2) is 0 Å². The number of ether oxygens (including phenoxy) is 2. The van der Waals surface area contributed by atoms with E-state index in [-0.39, 0.29) is 0 Å². The summed E-state index contributed by atoms with van der Waals surface area (Å²) in [5, 5.41) is 17.8. The number of benzene rings is 2. The van der Waals surface area contributed by atoms with Crippen molar-refractivity contribution >= 4 is 0 Å². The largest absolute Gasteiger partial charge is 0.439 e. The van der Waals surface area contributed by atoms with E-state index in [2.05, 4.69) is 17.1 Å². The average molecular weight is 313 g/mol. The van der Waals surface area contributed by atoms with Crippen LogP contribution in [0.1, 0.15) is 11.1 Å². The molecule has 0 atom stereocenters. The third-order valence-corrected chi connectivity index (χ3v) is 3.07. The lowest BCUT2D eigenvalue weighted by molar-refractivity contribution is 0.426. The normalized spacial score (nSPS) is 9.58. The predicted molar refractivity (Wildman–Crippen MR) is 86.7 cm³/mol. The Morgan fingerprint density at radius 2 is 1.12 bits per heavy atom. The first-order chi connectivity index (χ1) is 11.8. The molecule has 0 bridgehead atoms. The second-order valence-electron chi connectivity index (χ2n) is 4.80. The van der Waals surface area contributed by atoms with Gasteiger partial charge >= 0.3 is 0 Å². The van der Waals surface area contributed by atoms with E-state index in [1.165, 1.54) is 0 Å². The summed E-state index contributed by atoms with van der Waals surface area (Å²) in [6.45, 7) is 0. The highest BCUT2D eigenvalue weighted by molar-refractivity contribution is 5.39. The third-order valence-electron chi connectivity index (χ3n) is 3.07. The lowest BCUT2D eigenvalue weighted by Crippen LogP contribution is -1.92. The first-order valence-electron chi connectivity index (χ1n) is 7.10. The van der Waals surface area contributed by atoms with Crippen LogP contribution in [0.4, 0.5) is 0 Å². The molecule has 0 saturated carbocycles. The molecule has 1 aromatic heterocycles. The van der Waals surface area contributed by atoms with E-state index in [0.29, 0.717) is 34.4 Å². The molecule has 0 radical (unpaired) electrons. The van der Waals surface area contributed by atoms with Gasteiger partial charge in [-0.3, -0.25) is 0 Å². The van der Waals surface area contributed by atoms with Crippen LogP contribution in [0.25, 0.3) is 0 Å². The Bertz CT molecular complexity index is 880. The van der Waals surface area contributed by atoms with Gasteiger partial charge in [-0.2, -0.15) is 15.5 Å². The molecule has 114 valence electrons. The van der Waals surface area contributed by atoms with Crippen LogP contribution < -0.4 is 9.47 Å². The van der Waals surface area contributed by atoms with E-state index in [1.807, 2.05) is 0 Å². The number of nitriles is 2. The molecule has 0 aliphatic heterocycles. The van der Waals surface area contributed by atoms with Gasteiger partial charge in [-0.15, -0.1) is 0 Å². The van der Waals surface area contributed by atoms with E-state index in [1.54, 1.807) is 66.7 Å². The number of nitrogens with zero attached hydrogens (tertiary/aromatic N) is 3. The van der Waals surface area contributed by atoms with Crippen molar-refractivity contribution in [2.45, 2.75) is 0 Å². The molecular formula is C19H11N3O2. The topological polar surface area (TPSA) is 78.9 Å².